The molecule has 4 heteroatoms. The van der Waals surface area contributed by atoms with Crippen LogP contribution in [0.5, 0.6) is 0 Å². The second kappa shape index (κ2) is 4.09. The third-order valence-corrected chi connectivity index (χ3v) is 4.01. The van der Waals surface area contributed by atoms with Gasteiger partial charge in [-0.05, 0) is 30.9 Å². The van der Waals surface area contributed by atoms with Gasteiger partial charge in [0.15, 0.2) is 0 Å². The van der Waals surface area contributed by atoms with Gasteiger partial charge in [-0.3, -0.25) is 0 Å². The van der Waals surface area contributed by atoms with Crippen molar-refractivity contribution < 1.29 is 9.84 Å². The molecule has 1 fully saturated rings. The molecule has 1 aromatic heterocycles. The van der Waals surface area contributed by atoms with Crippen LogP contribution in [0.3, 0.4) is 0 Å². The van der Waals surface area contributed by atoms with Gasteiger partial charge in [-0.2, -0.15) is 0 Å². The van der Waals surface area contributed by atoms with Crippen LogP contribution in [0.1, 0.15) is 32.3 Å². The highest BCUT2D eigenvalue weighted by molar-refractivity contribution is 7.82. The molecule has 1 saturated heterocycles. The summed E-state index contributed by atoms with van der Waals surface area (Å²) in [5.74, 6) is 0. The van der Waals surface area contributed by atoms with Gasteiger partial charge in [-0.1, -0.05) is 0 Å². The van der Waals surface area contributed by atoms with Crippen molar-refractivity contribution in [3.8, 4) is 0 Å². The van der Waals surface area contributed by atoms with Crippen molar-refractivity contribution in [1.82, 2.24) is 0 Å². The van der Waals surface area contributed by atoms with Gasteiger partial charge in [-0.25, -0.2) is 0 Å². The molecule has 0 spiro atoms. The first-order chi connectivity index (χ1) is 6.99. The molecule has 1 N–H and O–H groups in total. The predicted octanol–water partition coefficient (Wildman–Crippen LogP) is 2.81. The van der Waals surface area contributed by atoms with Crippen LogP contribution in [0.4, 0.5) is 0 Å². The molecule has 15 heavy (non-hydrogen) atoms. The van der Waals surface area contributed by atoms with Crippen LogP contribution in [0.2, 0.25) is 0 Å². The number of hydrogen-bond donors (Lipinski definition) is 2. The topological polar surface area (TPSA) is 29.5 Å². The average molecular weight is 244 g/mol. The number of thiol groups is 1. The van der Waals surface area contributed by atoms with Crippen LogP contribution < -0.4 is 0 Å². The molecule has 2 atom stereocenters. The third-order valence-electron chi connectivity index (χ3n) is 2.84. The van der Waals surface area contributed by atoms with E-state index in [0.29, 0.717) is 12.8 Å². The third kappa shape index (κ3) is 2.38. The van der Waals surface area contributed by atoms with Crippen molar-refractivity contribution >= 4 is 24.0 Å². The van der Waals surface area contributed by atoms with Gasteiger partial charge >= 0.3 is 0 Å². The minimum Gasteiger partial charge on any atom is -0.385 e. The fourth-order valence-corrected chi connectivity index (χ4v) is 3.36. The minimum atomic E-state index is -0.728. The molecule has 0 aliphatic carbocycles. The maximum atomic E-state index is 10.6. The van der Waals surface area contributed by atoms with E-state index in [1.807, 2.05) is 25.3 Å². The molecule has 2 nitrogen and oxygen atoms in total. The molecule has 1 aromatic rings. The number of thiophene rings is 1. The summed E-state index contributed by atoms with van der Waals surface area (Å²) in [7, 11) is 0. The number of rotatable bonds is 1. The van der Waals surface area contributed by atoms with Gasteiger partial charge in [0.2, 0.25) is 0 Å². The summed E-state index contributed by atoms with van der Waals surface area (Å²) >= 11 is 5.85. The van der Waals surface area contributed by atoms with E-state index < -0.39 is 5.60 Å². The Labute approximate surface area is 99.7 Å². The molecule has 0 radical (unpaired) electrons. The van der Waals surface area contributed by atoms with Crippen LogP contribution in [0.15, 0.2) is 15.7 Å². The van der Waals surface area contributed by atoms with Crippen LogP contribution >= 0.6 is 24.0 Å². The maximum absolute atomic E-state index is 10.6. The largest absolute Gasteiger partial charge is 0.385 e. The molecule has 1 aliphatic heterocycles. The molecule has 2 heterocycles. The van der Waals surface area contributed by atoms with Crippen molar-refractivity contribution in [2.45, 2.75) is 48.7 Å². The highest BCUT2D eigenvalue weighted by Gasteiger charge is 2.38. The van der Waals surface area contributed by atoms with Gasteiger partial charge in [0, 0.05) is 12.8 Å². The minimum absolute atomic E-state index is 0.113. The summed E-state index contributed by atoms with van der Waals surface area (Å²) in [6.07, 6.45) is 1.56. The molecule has 0 amide bonds. The zero-order valence-corrected chi connectivity index (χ0v) is 10.6. The van der Waals surface area contributed by atoms with E-state index in [-0.39, 0.29) is 12.2 Å². The van der Waals surface area contributed by atoms with Crippen LogP contribution in [-0.4, -0.2) is 17.3 Å². The lowest BCUT2D eigenvalue weighted by Gasteiger charge is -2.38. The quantitative estimate of drug-likeness (QED) is 0.744. The van der Waals surface area contributed by atoms with E-state index in [1.165, 1.54) is 0 Å². The van der Waals surface area contributed by atoms with E-state index in [4.69, 9.17) is 4.74 Å². The van der Waals surface area contributed by atoms with E-state index in [0.717, 1.165) is 9.77 Å². The predicted molar refractivity (Wildman–Crippen MR) is 64.7 cm³/mol. The Morgan fingerprint density at radius 3 is 2.53 bits per heavy atom. The summed E-state index contributed by atoms with van der Waals surface area (Å²) in [6.45, 7) is 4.02. The highest BCUT2D eigenvalue weighted by Crippen LogP contribution is 2.39. The summed E-state index contributed by atoms with van der Waals surface area (Å²) in [4.78, 5) is 0. The smallest absolute Gasteiger partial charge is 0.0954 e. The second-order valence-corrected chi connectivity index (χ2v) is 6.07. The van der Waals surface area contributed by atoms with Gasteiger partial charge in [0.25, 0.3) is 0 Å². The molecular weight excluding hydrogens is 228 g/mol. The van der Waals surface area contributed by atoms with E-state index >= 15 is 0 Å². The fourth-order valence-electron chi connectivity index (χ4n) is 2.33. The van der Waals surface area contributed by atoms with Crippen molar-refractivity contribution in [3.05, 3.63) is 17.0 Å². The molecule has 1 aliphatic rings. The Morgan fingerprint density at radius 1 is 1.47 bits per heavy atom. The van der Waals surface area contributed by atoms with Crippen LogP contribution in [0.25, 0.3) is 0 Å². The molecule has 2 unspecified atom stereocenters. The molecule has 0 saturated carbocycles. The van der Waals surface area contributed by atoms with Crippen molar-refractivity contribution in [1.29, 1.82) is 0 Å². The summed E-state index contributed by atoms with van der Waals surface area (Å²) in [5, 5.41) is 12.6. The second-order valence-electron chi connectivity index (χ2n) is 4.37. The van der Waals surface area contributed by atoms with Gasteiger partial charge < -0.3 is 9.84 Å². The van der Waals surface area contributed by atoms with Gasteiger partial charge in [-0.15, -0.1) is 24.0 Å². The Morgan fingerprint density at radius 2 is 2.07 bits per heavy atom. The lowest BCUT2D eigenvalue weighted by molar-refractivity contribution is -0.135. The van der Waals surface area contributed by atoms with Crippen molar-refractivity contribution in [2.24, 2.45) is 0 Å². The zero-order valence-electron chi connectivity index (χ0n) is 8.93. The number of ether oxygens (including phenoxy) is 1. The SMILES string of the molecule is CC1CC(O)(c2csc(S)c2)CC(C)O1. The Kier molecular flexibility index (Phi) is 3.12. The Hall–Kier alpha value is -0.0300. The molecular formula is C11H16O2S2. The summed E-state index contributed by atoms with van der Waals surface area (Å²) < 4.78 is 6.58. The van der Waals surface area contributed by atoms with Gasteiger partial charge in [0.1, 0.15) is 0 Å². The fraction of sp³-hybridized carbons (Fsp3) is 0.636. The van der Waals surface area contributed by atoms with Crippen molar-refractivity contribution in [3.63, 3.8) is 0 Å². The summed E-state index contributed by atoms with van der Waals surface area (Å²) in [5.41, 5.74) is 0.258. The lowest BCUT2D eigenvalue weighted by Crippen LogP contribution is -2.40. The van der Waals surface area contributed by atoms with Crippen LogP contribution in [0, 0.1) is 0 Å². The first-order valence-corrected chi connectivity index (χ1v) is 6.48. The van der Waals surface area contributed by atoms with E-state index in [9.17, 15) is 5.11 Å². The first-order valence-electron chi connectivity index (χ1n) is 5.15. The van der Waals surface area contributed by atoms with E-state index in [1.54, 1.807) is 11.3 Å². The number of aliphatic hydroxyl groups is 1. The van der Waals surface area contributed by atoms with Crippen LogP contribution in [-0.2, 0) is 10.3 Å². The van der Waals surface area contributed by atoms with Gasteiger partial charge in [0.05, 0.1) is 22.0 Å². The van der Waals surface area contributed by atoms with E-state index in [2.05, 4.69) is 12.6 Å². The highest BCUT2D eigenvalue weighted by atomic mass is 32.2. The first kappa shape index (κ1) is 11.5. The average Bonchev–Trinajstić information content (AvgIpc) is 2.49. The maximum Gasteiger partial charge on any atom is 0.0954 e. The van der Waals surface area contributed by atoms with Crippen molar-refractivity contribution in [2.75, 3.05) is 0 Å². The molecule has 2 rings (SSSR count). The normalized spacial score (nSPS) is 36.8. The lowest BCUT2D eigenvalue weighted by atomic mass is 9.83. The Balaban J connectivity index is 2.25. The molecule has 0 aromatic carbocycles. The molecule has 0 bridgehead atoms. The summed E-state index contributed by atoms with van der Waals surface area (Å²) in [6, 6.07) is 1.96. The molecule has 84 valence electrons. The number of hydrogen-bond acceptors (Lipinski definition) is 4. The Bertz CT molecular complexity index is 338. The zero-order chi connectivity index (χ0) is 11.1. The monoisotopic (exact) mass is 244 g/mol. The standard InChI is InChI=1S/C11H16O2S2/c1-7-4-11(12,5-8(2)13-7)9-3-10(14)15-6-9/h3,6-8,12,14H,4-5H2,1-2H3.